The van der Waals surface area contributed by atoms with Gasteiger partial charge in [-0.15, -0.1) is 0 Å². The second-order valence-corrected chi connectivity index (χ2v) is 10.3. The minimum Gasteiger partial charge on any atom is -0.444 e. The van der Waals surface area contributed by atoms with E-state index in [0.29, 0.717) is 34.8 Å². The van der Waals surface area contributed by atoms with Gasteiger partial charge in [0.25, 0.3) is 0 Å². The Kier molecular flexibility index (Phi) is 6.30. The summed E-state index contributed by atoms with van der Waals surface area (Å²) in [6.45, 7) is 2.52. The Morgan fingerprint density at radius 3 is 2.67 bits per heavy atom. The predicted octanol–water partition coefficient (Wildman–Crippen LogP) is 6.62. The zero-order valence-corrected chi connectivity index (χ0v) is 20.6. The number of alkyl carbamates (subject to hydrolysis) is 1. The van der Waals surface area contributed by atoms with Crippen LogP contribution in [0.3, 0.4) is 0 Å². The number of hydrogen-bond donors (Lipinski definition) is 1. The van der Waals surface area contributed by atoms with Crippen LogP contribution in [0.1, 0.15) is 45.0 Å². The molecule has 1 heterocycles. The zero-order chi connectivity index (χ0) is 24.0. The third-order valence-corrected chi connectivity index (χ3v) is 6.08. The molecule has 1 fully saturated rings. The van der Waals surface area contributed by atoms with Crippen molar-refractivity contribution in [2.75, 3.05) is 0 Å². The maximum absolute atomic E-state index is 13.0. The van der Waals surface area contributed by atoms with Crippen molar-refractivity contribution in [3.05, 3.63) is 57.3 Å². The number of aromatic nitrogens is 2. The molecule has 1 aliphatic carbocycles. The number of ether oxygens (including phenoxy) is 2. The fraction of sp³-hybridized carbons (Fsp3) is 0.391. The molecule has 0 saturated heterocycles. The summed E-state index contributed by atoms with van der Waals surface area (Å²) in [6.07, 6.45) is 0.790. The van der Waals surface area contributed by atoms with E-state index in [9.17, 15) is 13.6 Å². The van der Waals surface area contributed by atoms with E-state index >= 15 is 0 Å². The SMILES string of the molecule is CC(C)(C)OC(=O)NC1(c2nc3ccc(Br)cc3n2Cc2c(Cl)cccc2OC(F)F)CC1. The molecule has 1 amide bonds. The Morgan fingerprint density at radius 2 is 2.03 bits per heavy atom. The summed E-state index contributed by atoms with van der Waals surface area (Å²) in [5.41, 5.74) is 0.491. The molecule has 2 aromatic carbocycles. The number of nitrogens with one attached hydrogen (secondary N) is 1. The largest absolute Gasteiger partial charge is 0.444 e. The molecule has 176 valence electrons. The number of nitrogens with zero attached hydrogens (tertiary/aromatic N) is 2. The van der Waals surface area contributed by atoms with Gasteiger partial charge in [-0.3, -0.25) is 0 Å². The van der Waals surface area contributed by atoms with Crippen molar-refractivity contribution in [1.29, 1.82) is 0 Å². The van der Waals surface area contributed by atoms with Crippen molar-refractivity contribution in [3.63, 3.8) is 0 Å². The minimum absolute atomic E-state index is 0.00903. The molecule has 0 radical (unpaired) electrons. The van der Waals surface area contributed by atoms with Crippen LogP contribution in [0.15, 0.2) is 40.9 Å². The molecule has 6 nitrogen and oxygen atoms in total. The van der Waals surface area contributed by atoms with Gasteiger partial charge in [-0.05, 0) is 63.9 Å². The predicted molar refractivity (Wildman–Crippen MR) is 125 cm³/mol. The van der Waals surface area contributed by atoms with Crippen molar-refractivity contribution in [2.45, 2.75) is 57.9 Å². The molecule has 1 aromatic heterocycles. The molecule has 0 unspecified atom stereocenters. The van der Waals surface area contributed by atoms with Crippen LogP contribution in [0, 0.1) is 0 Å². The van der Waals surface area contributed by atoms with Crippen LogP contribution in [-0.4, -0.2) is 27.9 Å². The molecule has 0 bridgehead atoms. The topological polar surface area (TPSA) is 65.4 Å². The third kappa shape index (κ3) is 5.24. The first-order valence-electron chi connectivity index (χ1n) is 10.4. The van der Waals surface area contributed by atoms with Gasteiger partial charge < -0.3 is 19.4 Å². The lowest BCUT2D eigenvalue weighted by atomic mass is 10.1. The Morgan fingerprint density at radius 1 is 1.30 bits per heavy atom. The number of alkyl halides is 2. The minimum atomic E-state index is -2.99. The number of halogens is 4. The summed E-state index contributed by atoms with van der Waals surface area (Å²) in [4.78, 5) is 17.3. The van der Waals surface area contributed by atoms with Gasteiger partial charge in [-0.1, -0.05) is 33.6 Å². The van der Waals surface area contributed by atoms with Crippen molar-refractivity contribution < 1.29 is 23.0 Å². The van der Waals surface area contributed by atoms with E-state index in [2.05, 4.69) is 21.2 Å². The van der Waals surface area contributed by atoms with Gasteiger partial charge in [0.05, 0.1) is 17.6 Å². The second kappa shape index (κ2) is 8.76. The highest BCUT2D eigenvalue weighted by Gasteiger charge is 2.50. The highest BCUT2D eigenvalue weighted by Crippen LogP contribution is 2.47. The highest BCUT2D eigenvalue weighted by molar-refractivity contribution is 9.10. The lowest BCUT2D eigenvalue weighted by molar-refractivity contribution is -0.0504. The third-order valence-electron chi connectivity index (χ3n) is 5.24. The molecule has 0 spiro atoms. The number of carbonyl (C=O) groups excluding carboxylic acids is 1. The van der Waals surface area contributed by atoms with Crippen LogP contribution in [-0.2, 0) is 16.8 Å². The zero-order valence-electron chi connectivity index (χ0n) is 18.3. The first-order valence-corrected chi connectivity index (χ1v) is 11.5. The molecular formula is C23H23BrClF2N3O3. The fourth-order valence-electron chi connectivity index (χ4n) is 3.71. The summed E-state index contributed by atoms with van der Waals surface area (Å²) < 4.78 is 38.9. The van der Waals surface area contributed by atoms with Crippen LogP contribution >= 0.6 is 27.5 Å². The normalized spacial score (nSPS) is 15.0. The van der Waals surface area contributed by atoms with Crippen molar-refractivity contribution in [3.8, 4) is 5.75 Å². The molecule has 1 N–H and O–H groups in total. The fourth-order valence-corrected chi connectivity index (χ4v) is 4.28. The van der Waals surface area contributed by atoms with E-state index in [4.69, 9.17) is 26.1 Å². The van der Waals surface area contributed by atoms with E-state index in [0.717, 1.165) is 9.99 Å². The smallest absolute Gasteiger partial charge is 0.408 e. The average Bonchev–Trinajstić information content (AvgIpc) is 3.36. The number of imidazole rings is 1. The van der Waals surface area contributed by atoms with Gasteiger partial charge in [0.2, 0.25) is 0 Å². The lowest BCUT2D eigenvalue weighted by Gasteiger charge is -2.24. The number of amides is 1. The maximum atomic E-state index is 13.0. The standard InChI is InChI=1S/C23H23BrClF2N3O3/c1-22(2,3)33-21(31)29-23(9-10-23)19-28-16-8-7-13(24)11-17(16)30(19)12-14-15(25)5-4-6-18(14)32-20(26)27/h4-8,11,20H,9-10,12H2,1-3H3,(H,29,31). The maximum Gasteiger partial charge on any atom is 0.408 e. The molecule has 33 heavy (non-hydrogen) atoms. The van der Waals surface area contributed by atoms with Crippen LogP contribution < -0.4 is 10.1 Å². The van der Waals surface area contributed by atoms with Gasteiger partial charge in [0.15, 0.2) is 0 Å². The van der Waals surface area contributed by atoms with E-state index < -0.39 is 23.8 Å². The summed E-state index contributed by atoms with van der Waals surface area (Å²) in [5.74, 6) is 0.592. The van der Waals surface area contributed by atoms with Crippen LogP contribution in [0.4, 0.5) is 13.6 Å². The van der Waals surface area contributed by atoms with Crippen LogP contribution in [0.2, 0.25) is 5.02 Å². The quantitative estimate of drug-likeness (QED) is 0.380. The molecule has 4 rings (SSSR count). The lowest BCUT2D eigenvalue weighted by Crippen LogP contribution is -2.40. The van der Waals surface area contributed by atoms with Gasteiger partial charge >= 0.3 is 12.7 Å². The summed E-state index contributed by atoms with van der Waals surface area (Å²) in [5, 5.41) is 3.26. The Labute approximate surface area is 203 Å². The molecule has 0 atom stereocenters. The number of rotatable bonds is 6. The van der Waals surface area contributed by atoms with Crippen LogP contribution in [0.25, 0.3) is 11.0 Å². The molecule has 1 saturated carbocycles. The molecule has 1 aliphatic rings. The Balaban J connectivity index is 1.79. The Hall–Kier alpha value is -2.39. The molecular weight excluding hydrogens is 520 g/mol. The van der Waals surface area contributed by atoms with Crippen molar-refractivity contribution >= 4 is 44.7 Å². The van der Waals surface area contributed by atoms with E-state index in [1.165, 1.54) is 6.07 Å². The summed E-state index contributed by atoms with van der Waals surface area (Å²) in [7, 11) is 0. The monoisotopic (exact) mass is 541 g/mol. The Bertz CT molecular complexity index is 1210. The molecule has 0 aliphatic heterocycles. The first-order chi connectivity index (χ1) is 15.5. The molecule has 10 heteroatoms. The average molecular weight is 543 g/mol. The van der Waals surface area contributed by atoms with Gasteiger partial charge in [-0.2, -0.15) is 8.78 Å². The number of fused-ring (bicyclic) bond motifs is 1. The number of carbonyl (C=O) groups is 1. The second-order valence-electron chi connectivity index (χ2n) is 8.96. The number of benzene rings is 2. The van der Waals surface area contributed by atoms with E-state index in [-0.39, 0.29) is 12.3 Å². The van der Waals surface area contributed by atoms with Crippen LogP contribution in [0.5, 0.6) is 5.75 Å². The van der Waals surface area contributed by atoms with E-state index in [1.54, 1.807) is 32.9 Å². The first kappa shape index (κ1) is 23.8. The van der Waals surface area contributed by atoms with Crippen molar-refractivity contribution in [2.24, 2.45) is 0 Å². The summed E-state index contributed by atoms with van der Waals surface area (Å²) >= 11 is 9.88. The summed E-state index contributed by atoms with van der Waals surface area (Å²) in [6, 6.07) is 10.2. The highest BCUT2D eigenvalue weighted by atomic mass is 79.9. The van der Waals surface area contributed by atoms with E-state index in [1.807, 2.05) is 22.8 Å². The van der Waals surface area contributed by atoms with Gasteiger partial charge in [0.1, 0.15) is 22.7 Å². The van der Waals surface area contributed by atoms with Gasteiger partial charge in [-0.25, -0.2) is 9.78 Å². The van der Waals surface area contributed by atoms with Gasteiger partial charge in [0, 0.05) is 15.1 Å². The number of hydrogen-bond acceptors (Lipinski definition) is 4. The molecule has 3 aromatic rings. The van der Waals surface area contributed by atoms with Crippen molar-refractivity contribution in [1.82, 2.24) is 14.9 Å².